The standard InChI is InChI=1S/C7H11N5/c1-3-5-4-10-11-6(5)7(8)12-9-2/h3-4,9H,1H2,2H3,(H2,8,12)(H,10,11). The summed E-state index contributed by atoms with van der Waals surface area (Å²) >= 11 is 0. The molecule has 0 aromatic carbocycles. The largest absolute Gasteiger partial charge is 0.380 e. The van der Waals surface area contributed by atoms with Gasteiger partial charge in [0, 0.05) is 12.6 Å². The Labute approximate surface area is 70.4 Å². The molecule has 5 nitrogen and oxygen atoms in total. The summed E-state index contributed by atoms with van der Waals surface area (Å²) in [6.07, 6.45) is 3.30. The van der Waals surface area contributed by atoms with Gasteiger partial charge in [0.05, 0.1) is 6.20 Å². The van der Waals surface area contributed by atoms with E-state index in [1.807, 2.05) is 0 Å². The van der Waals surface area contributed by atoms with Crippen LogP contribution in [0.5, 0.6) is 0 Å². The van der Waals surface area contributed by atoms with Crippen LogP contribution in [0.2, 0.25) is 0 Å². The van der Waals surface area contributed by atoms with Gasteiger partial charge in [0.15, 0.2) is 5.84 Å². The van der Waals surface area contributed by atoms with Gasteiger partial charge < -0.3 is 11.2 Å². The minimum Gasteiger partial charge on any atom is -0.380 e. The van der Waals surface area contributed by atoms with E-state index in [1.165, 1.54) is 0 Å². The van der Waals surface area contributed by atoms with Gasteiger partial charge in [-0.1, -0.05) is 12.7 Å². The summed E-state index contributed by atoms with van der Waals surface area (Å²) < 4.78 is 0. The third kappa shape index (κ3) is 1.45. The first kappa shape index (κ1) is 8.32. The summed E-state index contributed by atoms with van der Waals surface area (Å²) in [7, 11) is 1.68. The van der Waals surface area contributed by atoms with Gasteiger partial charge in [0.1, 0.15) is 5.69 Å². The highest BCUT2D eigenvalue weighted by atomic mass is 15.3. The molecule has 0 unspecified atom stereocenters. The van der Waals surface area contributed by atoms with Gasteiger partial charge in [-0.3, -0.25) is 5.10 Å². The lowest BCUT2D eigenvalue weighted by atomic mass is 10.2. The highest BCUT2D eigenvalue weighted by molar-refractivity contribution is 5.98. The summed E-state index contributed by atoms with van der Waals surface area (Å²) in [6.45, 7) is 3.62. The molecule has 5 heteroatoms. The zero-order valence-electron chi connectivity index (χ0n) is 6.83. The molecule has 0 aliphatic carbocycles. The van der Waals surface area contributed by atoms with E-state index in [4.69, 9.17) is 5.73 Å². The molecule has 0 atom stereocenters. The van der Waals surface area contributed by atoms with E-state index in [0.29, 0.717) is 11.5 Å². The highest BCUT2D eigenvalue weighted by Crippen LogP contribution is 2.04. The maximum absolute atomic E-state index is 5.59. The van der Waals surface area contributed by atoms with Crippen LogP contribution < -0.4 is 11.2 Å². The molecule has 0 saturated carbocycles. The first-order chi connectivity index (χ1) is 5.79. The lowest BCUT2D eigenvalue weighted by Crippen LogP contribution is -2.18. The number of nitrogens with two attached hydrogens (primary N) is 1. The second kappa shape index (κ2) is 3.56. The minimum atomic E-state index is 0.366. The molecule has 0 bridgehead atoms. The summed E-state index contributed by atoms with van der Waals surface area (Å²) in [6, 6.07) is 0. The molecule has 0 spiro atoms. The number of amidine groups is 1. The van der Waals surface area contributed by atoms with Crippen molar-refractivity contribution in [2.45, 2.75) is 0 Å². The number of hydrogen-bond acceptors (Lipinski definition) is 3. The molecule has 12 heavy (non-hydrogen) atoms. The Morgan fingerprint density at radius 3 is 3.25 bits per heavy atom. The fourth-order valence-electron chi connectivity index (χ4n) is 0.832. The summed E-state index contributed by atoms with van der Waals surface area (Å²) in [4.78, 5) is 0. The molecule has 0 fully saturated rings. The molecule has 64 valence electrons. The van der Waals surface area contributed by atoms with Gasteiger partial charge in [-0.05, 0) is 0 Å². The lowest BCUT2D eigenvalue weighted by molar-refractivity contribution is 0.894. The van der Waals surface area contributed by atoms with Gasteiger partial charge in [-0.2, -0.15) is 10.2 Å². The molecule has 0 aliphatic rings. The molecule has 1 aromatic rings. The van der Waals surface area contributed by atoms with Crippen molar-refractivity contribution in [1.29, 1.82) is 0 Å². The van der Waals surface area contributed by atoms with Gasteiger partial charge in [-0.15, -0.1) is 0 Å². The van der Waals surface area contributed by atoms with Crippen LogP contribution >= 0.6 is 0 Å². The zero-order valence-corrected chi connectivity index (χ0v) is 6.83. The maximum atomic E-state index is 5.59. The van der Waals surface area contributed by atoms with Crippen molar-refractivity contribution in [2.24, 2.45) is 10.8 Å². The fraction of sp³-hybridized carbons (Fsp3) is 0.143. The Bertz CT molecular complexity index is 299. The molecule has 1 aromatic heterocycles. The number of rotatable bonds is 3. The average molecular weight is 165 g/mol. The van der Waals surface area contributed by atoms with E-state index in [2.05, 4.69) is 27.3 Å². The van der Waals surface area contributed by atoms with Crippen LogP contribution in [0.25, 0.3) is 6.08 Å². The van der Waals surface area contributed by atoms with E-state index in [9.17, 15) is 0 Å². The summed E-state index contributed by atoms with van der Waals surface area (Å²) in [5.41, 5.74) is 9.70. The van der Waals surface area contributed by atoms with Crippen LogP contribution in [0.4, 0.5) is 0 Å². The van der Waals surface area contributed by atoms with Crippen LogP contribution in [0.1, 0.15) is 11.3 Å². The predicted molar refractivity (Wildman–Crippen MR) is 48.5 cm³/mol. The fourth-order valence-corrected chi connectivity index (χ4v) is 0.832. The Balaban J connectivity index is 3.01. The number of aromatic amines is 1. The number of hydrogen-bond donors (Lipinski definition) is 3. The van der Waals surface area contributed by atoms with E-state index >= 15 is 0 Å². The number of aromatic nitrogens is 2. The average Bonchev–Trinajstić information content (AvgIpc) is 2.51. The van der Waals surface area contributed by atoms with Crippen molar-refractivity contribution >= 4 is 11.9 Å². The molecule has 0 saturated heterocycles. The number of H-pyrrole nitrogens is 1. The normalized spacial score (nSPS) is 11.2. The second-order valence-electron chi connectivity index (χ2n) is 2.13. The molecular formula is C7H11N5. The highest BCUT2D eigenvalue weighted by Gasteiger charge is 2.04. The monoisotopic (exact) mass is 165 g/mol. The second-order valence-corrected chi connectivity index (χ2v) is 2.13. The number of nitrogens with zero attached hydrogens (tertiary/aromatic N) is 2. The molecule has 1 rings (SSSR count). The Kier molecular flexibility index (Phi) is 2.47. The van der Waals surface area contributed by atoms with Crippen LogP contribution in [0.3, 0.4) is 0 Å². The van der Waals surface area contributed by atoms with E-state index < -0.39 is 0 Å². The third-order valence-electron chi connectivity index (χ3n) is 1.38. The van der Waals surface area contributed by atoms with Gasteiger partial charge >= 0.3 is 0 Å². The van der Waals surface area contributed by atoms with Crippen molar-refractivity contribution in [2.75, 3.05) is 7.05 Å². The van der Waals surface area contributed by atoms with E-state index in [0.717, 1.165) is 5.56 Å². The van der Waals surface area contributed by atoms with Crippen molar-refractivity contribution in [1.82, 2.24) is 15.6 Å². The van der Waals surface area contributed by atoms with Crippen molar-refractivity contribution < 1.29 is 0 Å². The van der Waals surface area contributed by atoms with E-state index in [1.54, 1.807) is 19.3 Å². The quantitative estimate of drug-likeness (QED) is 0.332. The van der Waals surface area contributed by atoms with Crippen LogP contribution in [-0.2, 0) is 0 Å². The van der Waals surface area contributed by atoms with Gasteiger partial charge in [0.25, 0.3) is 0 Å². The topological polar surface area (TPSA) is 79.1 Å². The van der Waals surface area contributed by atoms with Gasteiger partial charge in [-0.25, -0.2) is 0 Å². The van der Waals surface area contributed by atoms with Crippen LogP contribution in [0, 0.1) is 0 Å². The smallest absolute Gasteiger partial charge is 0.169 e. The molecule has 0 radical (unpaired) electrons. The van der Waals surface area contributed by atoms with Crippen molar-refractivity contribution in [3.05, 3.63) is 24.0 Å². The maximum Gasteiger partial charge on any atom is 0.169 e. The summed E-state index contributed by atoms with van der Waals surface area (Å²) in [5.74, 6) is 0.366. The van der Waals surface area contributed by atoms with Crippen LogP contribution in [0.15, 0.2) is 17.9 Å². The third-order valence-corrected chi connectivity index (χ3v) is 1.38. The Hall–Kier alpha value is -1.78. The SMILES string of the molecule is C=Cc1cn[nH]c1/C(N)=N\NC. The molecule has 0 amide bonds. The summed E-state index contributed by atoms with van der Waals surface area (Å²) in [5, 5.41) is 10.3. The molecule has 1 heterocycles. The minimum absolute atomic E-state index is 0.366. The van der Waals surface area contributed by atoms with Gasteiger partial charge in [0.2, 0.25) is 0 Å². The van der Waals surface area contributed by atoms with E-state index in [-0.39, 0.29) is 0 Å². The Morgan fingerprint density at radius 1 is 1.92 bits per heavy atom. The molecule has 0 aliphatic heterocycles. The number of nitrogens with one attached hydrogen (secondary N) is 2. The zero-order chi connectivity index (χ0) is 8.97. The van der Waals surface area contributed by atoms with Crippen molar-refractivity contribution in [3.63, 3.8) is 0 Å². The Morgan fingerprint density at radius 2 is 2.67 bits per heavy atom. The molecular weight excluding hydrogens is 154 g/mol. The first-order valence-electron chi connectivity index (χ1n) is 3.45. The predicted octanol–water partition coefficient (Wildman–Crippen LogP) is -0.108. The first-order valence-corrected chi connectivity index (χ1v) is 3.45. The molecule has 4 N–H and O–H groups in total. The lowest BCUT2D eigenvalue weighted by Gasteiger charge is -1.97. The number of hydrazone groups is 1. The van der Waals surface area contributed by atoms with Crippen molar-refractivity contribution in [3.8, 4) is 0 Å². The van der Waals surface area contributed by atoms with Crippen LogP contribution in [-0.4, -0.2) is 23.1 Å².